The van der Waals surface area contributed by atoms with Crippen molar-refractivity contribution < 1.29 is 4.74 Å². The van der Waals surface area contributed by atoms with Crippen molar-refractivity contribution in [2.75, 3.05) is 0 Å². The van der Waals surface area contributed by atoms with Crippen molar-refractivity contribution in [1.29, 1.82) is 5.41 Å². The van der Waals surface area contributed by atoms with Crippen LogP contribution in [0.3, 0.4) is 0 Å². The lowest BCUT2D eigenvalue weighted by atomic mass is 10.1. The van der Waals surface area contributed by atoms with Crippen LogP contribution in [0.2, 0.25) is 0 Å². The van der Waals surface area contributed by atoms with Gasteiger partial charge in [0.25, 0.3) is 0 Å². The molecule has 13 heavy (non-hydrogen) atoms. The molecule has 0 aromatic heterocycles. The van der Waals surface area contributed by atoms with Crippen LogP contribution < -0.4 is 0 Å². The Labute approximate surface area is 79.1 Å². The van der Waals surface area contributed by atoms with E-state index in [0.29, 0.717) is 0 Å². The highest BCUT2D eigenvalue weighted by molar-refractivity contribution is 5.91. The molecule has 0 aliphatic rings. The first-order chi connectivity index (χ1) is 5.99. The lowest BCUT2D eigenvalue weighted by molar-refractivity contribution is 0.116. The molecule has 0 saturated carbocycles. The van der Waals surface area contributed by atoms with Gasteiger partial charge in [-0.25, -0.2) is 0 Å². The van der Waals surface area contributed by atoms with Gasteiger partial charge >= 0.3 is 0 Å². The van der Waals surface area contributed by atoms with Crippen LogP contribution in [0.15, 0.2) is 24.3 Å². The smallest absolute Gasteiger partial charge is 0.213 e. The molecule has 0 unspecified atom stereocenters. The molecule has 1 aromatic carbocycles. The second kappa shape index (κ2) is 3.60. The molecule has 2 nitrogen and oxygen atoms in total. The summed E-state index contributed by atoms with van der Waals surface area (Å²) in [6, 6.07) is 10.1. The maximum atomic E-state index is 7.65. The van der Waals surface area contributed by atoms with E-state index in [1.807, 2.05) is 32.9 Å². The van der Waals surface area contributed by atoms with Gasteiger partial charge in [0, 0.05) is 5.56 Å². The summed E-state index contributed by atoms with van der Waals surface area (Å²) < 4.78 is 5.39. The molecule has 0 bridgehead atoms. The molecule has 0 aliphatic heterocycles. The molecule has 0 aliphatic carbocycles. The normalized spacial score (nSPS) is 11.0. The summed E-state index contributed by atoms with van der Waals surface area (Å²) in [6.07, 6.45) is 0. The maximum Gasteiger partial charge on any atom is 0.213 e. The molecule has 2 heteroatoms. The van der Waals surface area contributed by atoms with E-state index in [4.69, 9.17) is 10.1 Å². The highest BCUT2D eigenvalue weighted by atomic mass is 16.5. The van der Waals surface area contributed by atoms with Crippen molar-refractivity contribution in [2.24, 2.45) is 0 Å². The molecule has 0 heterocycles. The van der Waals surface area contributed by atoms with Gasteiger partial charge in [-0.05, 0) is 39.0 Å². The van der Waals surface area contributed by atoms with E-state index >= 15 is 0 Å². The van der Waals surface area contributed by atoms with Crippen molar-refractivity contribution in [3.05, 3.63) is 35.9 Å². The predicted molar refractivity (Wildman–Crippen MR) is 52.9 cm³/mol. The molecular weight excluding hydrogens is 162 g/mol. The third kappa shape index (κ3) is 3.28. The number of rotatable bonds is 1. The molecule has 0 saturated heterocycles. The molecular formula is C11H14NO. The minimum atomic E-state index is -0.309. The first kappa shape index (κ1) is 9.78. The Balaban J connectivity index is 2.71. The third-order valence-corrected chi connectivity index (χ3v) is 1.39. The maximum absolute atomic E-state index is 7.65. The fourth-order valence-electron chi connectivity index (χ4n) is 0.903. The van der Waals surface area contributed by atoms with Gasteiger partial charge < -0.3 is 4.74 Å². The Morgan fingerprint density at radius 1 is 1.31 bits per heavy atom. The molecule has 1 radical (unpaired) electrons. The van der Waals surface area contributed by atoms with Crippen LogP contribution in [0.1, 0.15) is 26.3 Å². The van der Waals surface area contributed by atoms with E-state index in [1.54, 1.807) is 12.1 Å². The lowest BCUT2D eigenvalue weighted by Gasteiger charge is -2.21. The van der Waals surface area contributed by atoms with Crippen LogP contribution in [0, 0.1) is 11.5 Å². The molecule has 0 spiro atoms. The van der Waals surface area contributed by atoms with Gasteiger partial charge in [0.1, 0.15) is 5.60 Å². The van der Waals surface area contributed by atoms with Crippen molar-refractivity contribution in [2.45, 2.75) is 26.4 Å². The van der Waals surface area contributed by atoms with Crippen molar-refractivity contribution in [3.8, 4) is 0 Å². The van der Waals surface area contributed by atoms with E-state index < -0.39 is 0 Å². The Bertz CT molecular complexity index is 285. The summed E-state index contributed by atoms with van der Waals surface area (Å²) in [6.45, 7) is 5.78. The van der Waals surface area contributed by atoms with Gasteiger partial charge in [-0.1, -0.05) is 12.1 Å². The predicted octanol–water partition coefficient (Wildman–Crippen LogP) is 2.63. The Morgan fingerprint density at radius 2 is 1.85 bits per heavy atom. The molecule has 1 N–H and O–H groups in total. The fourth-order valence-corrected chi connectivity index (χ4v) is 0.903. The van der Waals surface area contributed by atoms with Crippen LogP contribution in [-0.2, 0) is 4.74 Å². The second-order valence-corrected chi connectivity index (χ2v) is 3.83. The minimum Gasteiger partial charge on any atom is -0.472 e. The van der Waals surface area contributed by atoms with E-state index in [1.165, 1.54) is 0 Å². The first-order valence-electron chi connectivity index (χ1n) is 4.23. The summed E-state index contributed by atoms with van der Waals surface area (Å²) in [5.41, 5.74) is 0.477. The minimum absolute atomic E-state index is 0.210. The van der Waals surface area contributed by atoms with Gasteiger partial charge in [0.15, 0.2) is 0 Å². The second-order valence-electron chi connectivity index (χ2n) is 3.83. The van der Waals surface area contributed by atoms with E-state index in [-0.39, 0.29) is 11.5 Å². The molecule has 0 amide bonds. The highest BCUT2D eigenvalue weighted by Gasteiger charge is 2.14. The first-order valence-corrected chi connectivity index (χ1v) is 4.23. The Hall–Kier alpha value is -1.31. The zero-order chi connectivity index (χ0) is 9.90. The molecule has 0 fully saturated rings. The fraction of sp³-hybridized carbons (Fsp3) is 0.364. The van der Waals surface area contributed by atoms with Crippen LogP contribution >= 0.6 is 0 Å². The summed E-state index contributed by atoms with van der Waals surface area (Å²) in [5.74, 6) is 0.210. The SMILES string of the molecule is CC(C)(C)OC(=N)c1cc[c]cc1. The van der Waals surface area contributed by atoms with Crippen LogP contribution in [-0.4, -0.2) is 11.5 Å². The van der Waals surface area contributed by atoms with Gasteiger partial charge in [-0.3, -0.25) is 5.41 Å². The largest absolute Gasteiger partial charge is 0.472 e. The van der Waals surface area contributed by atoms with Crippen molar-refractivity contribution in [1.82, 2.24) is 0 Å². The topological polar surface area (TPSA) is 33.1 Å². The van der Waals surface area contributed by atoms with Crippen LogP contribution in [0.4, 0.5) is 0 Å². The third-order valence-electron chi connectivity index (χ3n) is 1.39. The summed E-state index contributed by atoms with van der Waals surface area (Å²) in [4.78, 5) is 0. The number of hydrogen-bond acceptors (Lipinski definition) is 2. The Morgan fingerprint density at radius 3 is 2.31 bits per heavy atom. The molecule has 0 atom stereocenters. The van der Waals surface area contributed by atoms with Crippen molar-refractivity contribution in [3.63, 3.8) is 0 Å². The number of hydrogen-bond donors (Lipinski definition) is 1. The lowest BCUT2D eigenvalue weighted by Crippen LogP contribution is -2.23. The van der Waals surface area contributed by atoms with Gasteiger partial charge in [0.2, 0.25) is 5.90 Å². The standard InChI is InChI=1S/C11H14NO/c1-11(2,3)13-10(12)9-7-5-4-6-8-9/h5-8,12H,1-3H3. The molecule has 1 rings (SSSR count). The van der Waals surface area contributed by atoms with Gasteiger partial charge in [-0.2, -0.15) is 0 Å². The number of benzene rings is 1. The summed E-state index contributed by atoms with van der Waals surface area (Å²) in [7, 11) is 0. The average molecular weight is 176 g/mol. The van der Waals surface area contributed by atoms with Crippen molar-refractivity contribution >= 4 is 5.90 Å². The van der Waals surface area contributed by atoms with E-state index in [0.717, 1.165) is 5.56 Å². The average Bonchev–Trinajstić information content (AvgIpc) is 2.03. The highest BCUT2D eigenvalue weighted by Crippen LogP contribution is 2.11. The van der Waals surface area contributed by atoms with E-state index in [9.17, 15) is 0 Å². The van der Waals surface area contributed by atoms with Gasteiger partial charge in [0.05, 0.1) is 0 Å². The molecule has 69 valence electrons. The zero-order valence-electron chi connectivity index (χ0n) is 8.22. The number of nitrogens with one attached hydrogen (secondary N) is 1. The molecule has 1 aromatic rings. The summed E-state index contributed by atoms with van der Waals surface area (Å²) in [5, 5.41) is 7.65. The monoisotopic (exact) mass is 176 g/mol. The van der Waals surface area contributed by atoms with E-state index in [2.05, 4.69) is 6.07 Å². The summed E-state index contributed by atoms with van der Waals surface area (Å²) >= 11 is 0. The Kier molecular flexibility index (Phi) is 2.71. The van der Waals surface area contributed by atoms with Gasteiger partial charge in [-0.15, -0.1) is 0 Å². The zero-order valence-corrected chi connectivity index (χ0v) is 8.22. The number of ether oxygens (including phenoxy) is 1. The van der Waals surface area contributed by atoms with Crippen LogP contribution in [0.5, 0.6) is 0 Å². The van der Waals surface area contributed by atoms with Crippen LogP contribution in [0.25, 0.3) is 0 Å². The quantitative estimate of drug-likeness (QED) is 0.518.